The van der Waals surface area contributed by atoms with Crippen molar-refractivity contribution in [3.8, 4) is 5.75 Å². The molecule has 2 aliphatic heterocycles. The molecule has 4 rings (SSSR count). The molecule has 1 fully saturated rings. The summed E-state index contributed by atoms with van der Waals surface area (Å²) in [7, 11) is 0. The minimum atomic E-state index is -0.544. The number of amides is 2. The average Bonchev–Trinajstić information content (AvgIpc) is 3.31. The molecule has 6 heteroatoms. The summed E-state index contributed by atoms with van der Waals surface area (Å²) in [5, 5.41) is 2.96. The lowest BCUT2D eigenvalue weighted by molar-refractivity contribution is -0.141. The molecule has 0 bridgehead atoms. The van der Waals surface area contributed by atoms with Crippen LogP contribution in [0.3, 0.4) is 0 Å². The van der Waals surface area contributed by atoms with Crippen molar-refractivity contribution in [2.45, 2.75) is 32.4 Å². The maximum absolute atomic E-state index is 13.0. The van der Waals surface area contributed by atoms with Gasteiger partial charge < -0.3 is 15.0 Å². The molecule has 2 atom stereocenters. The first-order chi connectivity index (χ1) is 13.0. The van der Waals surface area contributed by atoms with E-state index < -0.39 is 12.1 Å². The number of fused-ring (bicyclic) bond motifs is 1. The fourth-order valence-electron chi connectivity index (χ4n) is 3.43. The molecule has 1 saturated heterocycles. The first-order valence-corrected chi connectivity index (χ1v) is 10.2. The van der Waals surface area contributed by atoms with Crippen molar-refractivity contribution in [2.24, 2.45) is 0 Å². The van der Waals surface area contributed by atoms with E-state index in [1.807, 2.05) is 56.3 Å². The predicted molar refractivity (Wildman–Crippen MR) is 107 cm³/mol. The van der Waals surface area contributed by atoms with Gasteiger partial charge in [-0.2, -0.15) is 0 Å². The number of nitrogens with zero attached hydrogens (tertiary/aromatic N) is 1. The second kappa shape index (κ2) is 7.27. The second-order valence-corrected chi connectivity index (χ2v) is 8.03. The number of ether oxygens (including phenoxy) is 1. The summed E-state index contributed by atoms with van der Waals surface area (Å²) in [6.45, 7) is 4.05. The van der Waals surface area contributed by atoms with Crippen molar-refractivity contribution >= 4 is 29.3 Å². The lowest BCUT2D eigenvalue weighted by Crippen LogP contribution is -2.49. The average molecular weight is 382 g/mol. The molecular formula is C21H22N2O3S. The fourth-order valence-corrected chi connectivity index (χ4v) is 4.59. The highest BCUT2D eigenvalue weighted by atomic mass is 32.2. The van der Waals surface area contributed by atoms with Gasteiger partial charge in [0, 0.05) is 17.9 Å². The van der Waals surface area contributed by atoms with Crippen molar-refractivity contribution in [1.82, 2.24) is 4.90 Å². The van der Waals surface area contributed by atoms with E-state index >= 15 is 0 Å². The maximum Gasteiger partial charge on any atom is 0.265 e. The van der Waals surface area contributed by atoms with Gasteiger partial charge in [-0.25, -0.2) is 0 Å². The molecular weight excluding hydrogens is 360 g/mol. The Kier molecular flexibility index (Phi) is 4.83. The zero-order valence-electron chi connectivity index (χ0n) is 15.4. The monoisotopic (exact) mass is 382 g/mol. The Morgan fingerprint density at radius 3 is 2.74 bits per heavy atom. The summed E-state index contributed by atoms with van der Waals surface area (Å²) >= 11 is 1.59. The van der Waals surface area contributed by atoms with Crippen LogP contribution in [0.4, 0.5) is 5.69 Å². The van der Waals surface area contributed by atoms with Crippen LogP contribution in [0.2, 0.25) is 0 Å². The van der Waals surface area contributed by atoms with E-state index in [1.54, 1.807) is 16.7 Å². The Labute approximate surface area is 163 Å². The van der Waals surface area contributed by atoms with E-state index in [4.69, 9.17) is 4.74 Å². The van der Waals surface area contributed by atoms with Crippen LogP contribution in [0, 0.1) is 13.8 Å². The van der Waals surface area contributed by atoms with Crippen molar-refractivity contribution < 1.29 is 14.3 Å². The Morgan fingerprint density at radius 1 is 1.15 bits per heavy atom. The molecule has 2 unspecified atom stereocenters. The minimum absolute atomic E-state index is 0.114. The quantitative estimate of drug-likeness (QED) is 0.886. The van der Waals surface area contributed by atoms with Gasteiger partial charge in [0.05, 0.1) is 5.88 Å². The topological polar surface area (TPSA) is 58.6 Å². The van der Waals surface area contributed by atoms with E-state index in [-0.39, 0.29) is 11.8 Å². The van der Waals surface area contributed by atoms with Crippen molar-refractivity contribution in [3.05, 3.63) is 59.2 Å². The van der Waals surface area contributed by atoms with E-state index in [0.717, 1.165) is 22.6 Å². The first-order valence-electron chi connectivity index (χ1n) is 9.04. The predicted octanol–water partition coefficient (Wildman–Crippen LogP) is 3.15. The molecule has 0 aromatic heterocycles. The third-order valence-corrected chi connectivity index (χ3v) is 6.18. The van der Waals surface area contributed by atoms with Gasteiger partial charge in [-0.15, -0.1) is 11.8 Å². The summed E-state index contributed by atoms with van der Waals surface area (Å²) in [5.41, 5.74) is 4.11. The van der Waals surface area contributed by atoms with Gasteiger partial charge in [-0.05, 0) is 48.7 Å². The number of hydrogen-bond donors (Lipinski definition) is 1. The first kappa shape index (κ1) is 17.9. The normalized spacial score (nSPS) is 20.9. The molecule has 0 radical (unpaired) electrons. The third kappa shape index (κ3) is 3.54. The number of nitrogens with one attached hydrogen (secondary N) is 1. The molecule has 5 nitrogen and oxygen atoms in total. The van der Waals surface area contributed by atoms with Crippen molar-refractivity contribution in [2.75, 3.05) is 16.9 Å². The van der Waals surface area contributed by atoms with Crippen LogP contribution in [-0.2, 0) is 16.0 Å². The van der Waals surface area contributed by atoms with Gasteiger partial charge in [0.15, 0.2) is 6.10 Å². The number of rotatable bonds is 3. The van der Waals surface area contributed by atoms with Crippen molar-refractivity contribution in [3.63, 3.8) is 0 Å². The van der Waals surface area contributed by atoms with Gasteiger partial charge in [0.1, 0.15) is 11.8 Å². The van der Waals surface area contributed by atoms with Gasteiger partial charge in [-0.3, -0.25) is 9.59 Å². The van der Waals surface area contributed by atoms with E-state index in [0.29, 0.717) is 18.1 Å². The zero-order chi connectivity index (χ0) is 19.0. The van der Waals surface area contributed by atoms with Crippen LogP contribution >= 0.6 is 11.8 Å². The number of aryl methyl sites for hydroxylation is 2. The lowest BCUT2D eigenvalue weighted by atomic mass is 10.1. The van der Waals surface area contributed by atoms with Gasteiger partial charge in [0.2, 0.25) is 5.91 Å². The molecule has 0 saturated carbocycles. The summed E-state index contributed by atoms with van der Waals surface area (Å²) in [5.74, 6) is 1.62. The van der Waals surface area contributed by atoms with Crippen LogP contribution in [-0.4, -0.2) is 40.5 Å². The smallest absolute Gasteiger partial charge is 0.265 e. The molecule has 140 valence electrons. The Morgan fingerprint density at radius 2 is 1.96 bits per heavy atom. The molecule has 2 aliphatic rings. The molecule has 2 aromatic rings. The Bertz CT molecular complexity index is 874. The highest BCUT2D eigenvalue weighted by Gasteiger charge is 2.40. The number of anilines is 1. The third-order valence-electron chi connectivity index (χ3n) is 5.17. The molecule has 27 heavy (non-hydrogen) atoms. The molecule has 1 N–H and O–H groups in total. The highest BCUT2D eigenvalue weighted by molar-refractivity contribution is 7.99. The Balaban J connectivity index is 1.45. The number of carbonyl (C=O) groups is 2. The molecule has 2 aromatic carbocycles. The van der Waals surface area contributed by atoms with Crippen LogP contribution < -0.4 is 10.1 Å². The summed E-state index contributed by atoms with van der Waals surface area (Å²) in [6.07, 6.45) is 0.0137. The van der Waals surface area contributed by atoms with E-state index in [9.17, 15) is 9.59 Å². The maximum atomic E-state index is 13.0. The minimum Gasteiger partial charge on any atom is -0.480 e. The van der Waals surface area contributed by atoms with Crippen LogP contribution in [0.15, 0.2) is 42.5 Å². The standard InChI is InChI=1S/C21H22N2O3S/c1-13-7-8-16(9-14(13)2)22-20(24)17-11-27-12-23(17)21(25)19-10-15-5-3-4-6-18(15)26-19/h3-9,17,19H,10-12H2,1-2H3,(H,22,24). The van der Waals surface area contributed by atoms with Crippen LogP contribution in [0.5, 0.6) is 5.75 Å². The largest absolute Gasteiger partial charge is 0.480 e. The number of thioether (sulfide) groups is 1. The second-order valence-electron chi connectivity index (χ2n) is 7.03. The Hall–Kier alpha value is -2.47. The van der Waals surface area contributed by atoms with Gasteiger partial charge in [0.25, 0.3) is 5.91 Å². The number of hydrogen-bond acceptors (Lipinski definition) is 4. The molecule has 2 amide bonds. The summed E-state index contributed by atoms with van der Waals surface area (Å²) < 4.78 is 5.82. The van der Waals surface area contributed by atoms with Crippen LogP contribution in [0.1, 0.15) is 16.7 Å². The van der Waals surface area contributed by atoms with Crippen LogP contribution in [0.25, 0.3) is 0 Å². The fraction of sp³-hybridized carbons (Fsp3) is 0.333. The summed E-state index contributed by atoms with van der Waals surface area (Å²) in [4.78, 5) is 27.4. The molecule has 0 aliphatic carbocycles. The number of carbonyl (C=O) groups excluding carboxylic acids is 2. The van der Waals surface area contributed by atoms with Gasteiger partial charge >= 0.3 is 0 Å². The molecule has 0 spiro atoms. The number of benzene rings is 2. The zero-order valence-corrected chi connectivity index (χ0v) is 16.2. The molecule has 2 heterocycles. The summed E-state index contributed by atoms with van der Waals surface area (Å²) in [6, 6.07) is 13.1. The lowest BCUT2D eigenvalue weighted by Gasteiger charge is -2.25. The SMILES string of the molecule is Cc1ccc(NC(=O)C2CSCN2C(=O)C2Cc3ccccc3O2)cc1C. The van der Waals surface area contributed by atoms with Gasteiger partial charge in [-0.1, -0.05) is 24.3 Å². The van der Waals surface area contributed by atoms with Crippen molar-refractivity contribution in [1.29, 1.82) is 0 Å². The highest BCUT2D eigenvalue weighted by Crippen LogP contribution is 2.31. The van der Waals surface area contributed by atoms with E-state index in [1.165, 1.54) is 5.56 Å². The van der Waals surface area contributed by atoms with E-state index in [2.05, 4.69) is 5.32 Å². The number of para-hydroxylation sites is 1.